The topological polar surface area (TPSA) is 47.3 Å². The van der Waals surface area contributed by atoms with E-state index < -0.39 is 0 Å². The summed E-state index contributed by atoms with van der Waals surface area (Å²) in [5, 5.41) is 4.59. The average molecular weight is 340 g/mol. The highest BCUT2D eigenvalue weighted by Gasteiger charge is 2.27. The molecule has 1 aliphatic rings. The zero-order valence-corrected chi connectivity index (χ0v) is 14.2. The fraction of sp³-hybridized carbons (Fsp3) is 0.316. The molecule has 0 saturated carbocycles. The highest BCUT2D eigenvalue weighted by Crippen LogP contribution is 2.29. The molecule has 24 heavy (non-hydrogen) atoms. The van der Waals surface area contributed by atoms with Gasteiger partial charge in [0.25, 0.3) is 0 Å². The van der Waals surface area contributed by atoms with Gasteiger partial charge in [0.2, 0.25) is 0 Å². The summed E-state index contributed by atoms with van der Waals surface area (Å²) < 4.78 is 11.3. The van der Waals surface area contributed by atoms with Crippen LogP contribution in [0.2, 0.25) is 0 Å². The number of thiazole rings is 1. The van der Waals surface area contributed by atoms with Crippen LogP contribution in [0.1, 0.15) is 29.3 Å². The number of nitrogens with zero attached hydrogens (tertiary/aromatic N) is 1. The number of benzene rings is 1. The minimum Gasteiger partial charge on any atom is -0.462 e. The molecule has 1 N–H and O–H groups in total. The third kappa shape index (κ3) is 3.43. The predicted octanol–water partition coefficient (Wildman–Crippen LogP) is 4.41. The Morgan fingerprint density at radius 2 is 2.12 bits per heavy atom. The molecule has 2 unspecified atom stereocenters. The van der Waals surface area contributed by atoms with E-state index in [1.807, 2.05) is 18.3 Å². The van der Waals surface area contributed by atoms with Gasteiger partial charge < -0.3 is 14.5 Å². The van der Waals surface area contributed by atoms with Gasteiger partial charge in [-0.15, -0.1) is 11.3 Å². The lowest BCUT2D eigenvalue weighted by atomic mass is 9.99. The number of aromatic nitrogens is 1. The Morgan fingerprint density at radius 1 is 1.21 bits per heavy atom. The first-order valence-corrected chi connectivity index (χ1v) is 9.10. The SMILES string of the molecule is c1ccc(C(NCc2cnc(-c3ccco3)s2)C2CCCO2)cc1. The van der Waals surface area contributed by atoms with Gasteiger partial charge in [0.05, 0.1) is 18.4 Å². The number of rotatable bonds is 6. The van der Waals surface area contributed by atoms with Crippen molar-refractivity contribution < 1.29 is 9.15 Å². The van der Waals surface area contributed by atoms with Crippen molar-refractivity contribution in [1.29, 1.82) is 0 Å². The second kappa shape index (κ2) is 7.30. The molecule has 2 atom stereocenters. The second-order valence-corrected chi connectivity index (χ2v) is 7.04. The summed E-state index contributed by atoms with van der Waals surface area (Å²) in [5.74, 6) is 0.824. The van der Waals surface area contributed by atoms with Crippen molar-refractivity contribution in [3.05, 3.63) is 65.4 Å². The number of ether oxygens (including phenoxy) is 1. The quantitative estimate of drug-likeness (QED) is 0.722. The molecule has 3 heterocycles. The van der Waals surface area contributed by atoms with E-state index in [0.717, 1.165) is 36.8 Å². The Morgan fingerprint density at radius 3 is 2.88 bits per heavy atom. The normalized spacial score (nSPS) is 18.8. The Hall–Kier alpha value is -1.95. The summed E-state index contributed by atoms with van der Waals surface area (Å²) in [5.41, 5.74) is 1.28. The van der Waals surface area contributed by atoms with Crippen molar-refractivity contribution in [2.24, 2.45) is 0 Å². The van der Waals surface area contributed by atoms with E-state index in [0.29, 0.717) is 0 Å². The van der Waals surface area contributed by atoms with Gasteiger partial charge in [-0.05, 0) is 30.5 Å². The molecule has 1 saturated heterocycles. The fourth-order valence-electron chi connectivity index (χ4n) is 3.10. The molecule has 1 fully saturated rings. The highest BCUT2D eigenvalue weighted by molar-refractivity contribution is 7.14. The Bertz CT molecular complexity index is 749. The molecule has 4 nitrogen and oxygen atoms in total. The maximum absolute atomic E-state index is 5.93. The largest absolute Gasteiger partial charge is 0.462 e. The van der Waals surface area contributed by atoms with E-state index in [9.17, 15) is 0 Å². The predicted molar refractivity (Wildman–Crippen MR) is 94.8 cm³/mol. The molecule has 0 amide bonds. The molecule has 0 radical (unpaired) electrons. The molecule has 124 valence electrons. The lowest BCUT2D eigenvalue weighted by molar-refractivity contribution is 0.0777. The van der Waals surface area contributed by atoms with Crippen LogP contribution in [0.3, 0.4) is 0 Å². The summed E-state index contributed by atoms with van der Waals surface area (Å²) >= 11 is 1.66. The van der Waals surface area contributed by atoms with Crippen LogP contribution in [0.4, 0.5) is 0 Å². The summed E-state index contributed by atoms with van der Waals surface area (Å²) in [4.78, 5) is 5.66. The molecular weight excluding hydrogens is 320 g/mol. The molecule has 1 aromatic carbocycles. The third-order valence-corrected chi connectivity index (χ3v) is 5.29. The van der Waals surface area contributed by atoms with Crippen LogP contribution in [0.5, 0.6) is 0 Å². The van der Waals surface area contributed by atoms with Crippen molar-refractivity contribution in [1.82, 2.24) is 10.3 Å². The van der Waals surface area contributed by atoms with Crippen molar-refractivity contribution in [2.75, 3.05) is 6.61 Å². The minimum absolute atomic E-state index is 0.211. The lowest BCUT2D eigenvalue weighted by Gasteiger charge is -2.24. The number of nitrogens with one attached hydrogen (secondary N) is 1. The van der Waals surface area contributed by atoms with E-state index in [1.165, 1.54) is 10.4 Å². The van der Waals surface area contributed by atoms with Gasteiger partial charge >= 0.3 is 0 Å². The zero-order chi connectivity index (χ0) is 16.2. The van der Waals surface area contributed by atoms with Gasteiger partial charge in [0, 0.05) is 24.2 Å². The number of hydrogen-bond acceptors (Lipinski definition) is 5. The average Bonchev–Trinajstić information content (AvgIpc) is 3.38. The van der Waals surface area contributed by atoms with E-state index in [4.69, 9.17) is 9.15 Å². The van der Waals surface area contributed by atoms with Gasteiger partial charge in [-0.25, -0.2) is 4.98 Å². The first-order valence-electron chi connectivity index (χ1n) is 8.28. The highest BCUT2D eigenvalue weighted by atomic mass is 32.1. The second-order valence-electron chi connectivity index (χ2n) is 5.93. The van der Waals surface area contributed by atoms with Crippen molar-refractivity contribution in [2.45, 2.75) is 31.5 Å². The third-order valence-electron chi connectivity index (χ3n) is 4.28. The molecule has 1 aliphatic heterocycles. The van der Waals surface area contributed by atoms with E-state index in [-0.39, 0.29) is 12.1 Å². The van der Waals surface area contributed by atoms with E-state index in [2.05, 4.69) is 40.6 Å². The van der Waals surface area contributed by atoms with Gasteiger partial charge in [0.15, 0.2) is 10.8 Å². The zero-order valence-electron chi connectivity index (χ0n) is 13.4. The summed E-state index contributed by atoms with van der Waals surface area (Å²) in [6.07, 6.45) is 6.08. The Kier molecular flexibility index (Phi) is 4.74. The summed E-state index contributed by atoms with van der Waals surface area (Å²) in [7, 11) is 0. The van der Waals surface area contributed by atoms with E-state index >= 15 is 0 Å². The number of hydrogen-bond donors (Lipinski definition) is 1. The van der Waals surface area contributed by atoms with Gasteiger partial charge in [0.1, 0.15) is 0 Å². The summed E-state index contributed by atoms with van der Waals surface area (Å²) in [6, 6.07) is 14.6. The smallest absolute Gasteiger partial charge is 0.162 e. The molecule has 4 rings (SSSR count). The van der Waals surface area contributed by atoms with Gasteiger partial charge in [-0.2, -0.15) is 0 Å². The van der Waals surface area contributed by atoms with Gasteiger partial charge in [-0.3, -0.25) is 0 Å². The van der Waals surface area contributed by atoms with Gasteiger partial charge in [-0.1, -0.05) is 30.3 Å². The van der Waals surface area contributed by atoms with E-state index in [1.54, 1.807) is 17.6 Å². The maximum Gasteiger partial charge on any atom is 0.162 e. The lowest BCUT2D eigenvalue weighted by Crippen LogP contribution is -2.31. The molecule has 0 aliphatic carbocycles. The molecule has 5 heteroatoms. The molecule has 0 bridgehead atoms. The van der Waals surface area contributed by atoms with Crippen LogP contribution >= 0.6 is 11.3 Å². The Labute approximate surface area is 145 Å². The Balaban J connectivity index is 1.47. The number of furan rings is 1. The van der Waals surface area contributed by atoms with Crippen LogP contribution in [0.15, 0.2) is 59.3 Å². The van der Waals surface area contributed by atoms with Crippen LogP contribution in [-0.4, -0.2) is 17.7 Å². The monoisotopic (exact) mass is 340 g/mol. The molecule has 0 spiro atoms. The maximum atomic E-state index is 5.93. The van der Waals surface area contributed by atoms with Crippen molar-refractivity contribution in [3.8, 4) is 10.8 Å². The van der Waals surface area contributed by atoms with Crippen LogP contribution in [0.25, 0.3) is 10.8 Å². The molecular formula is C19H20N2O2S. The fourth-order valence-corrected chi connectivity index (χ4v) is 3.94. The summed E-state index contributed by atoms with van der Waals surface area (Å²) in [6.45, 7) is 1.64. The standard InChI is InChI=1S/C19H20N2O2S/c1-2-6-14(7-3-1)18(16-8-4-10-22-16)20-12-15-13-21-19(24-15)17-9-5-11-23-17/h1-3,5-7,9,11,13,16,18,20H,4,8,10,12H2. The first kappa shape index (κ1) is 15.6. The van der Waals surface area contributed by atoms with Crippen LogP contribution in [-0.2, 0) is 11.3 Å². The van der Waals surface area contributed by atoms with Crippen molar-refractivity contribution >= 4 is 11.3 Å². The van der Waals surface area contributed by atoms with Crippen molar-refractivity contribution in [3.63, 3.8) is 0 Å². The van der Waals surface area contributed by atoms with Crippen LogP contribution < -0.4 is 5.32 Å². The first-order chi connectivity index (χ1) is 11.9. The minimum atomic E-state index is 0.211. The van der Waals surface area contributed by atoms with Crippen LogP contribution in [0, 0.1) is 0 Å². The molecule has 3 aromatic rings. The molecule has 2 aromatic heterocycles.